The molecule has 2 atom stereocenters. The van der Waals surface area contributed by atoms with Crippen LogP contribution in [-0.4, -0.2) is 40.6 Å². The molecule has 0 saturated heterocycles. The van der Waals surface area contributed by atoms with Gasteiger partial charge in [-0.05, 0) is 108 Å². The van der Waals surface area contributed by atoms with Crippen LogP contribution < -0.4 is 28.4 Å². The maximum absolute atomic E-state index is 6.17. The summed E-state index contributed by atoms with van der Waals surface area (Å²) in [7, 11) is 6.67. The highest BCUT2D eigenvalue weighted by molar-refractivity contribution is 5.85. The Hall–Kier alpha value is -4.84. The van der Waals surface area contributed by atoms with Gasteiger partial charge >= 0.3 is 0 Å². The number of hydrogen-bond acceptors (Lipinski definition) is 6. The lowest BCUT2D eigenvalue weighted by atomic mass is 9.71. The van der Waals surface area contributed by atoms with Gasteiger partial charge in [-0.2, -0.15) is 0 Å². The molecular formula is C47H58O6. The topological polar surface area (TPSA) is 55.4 Å². The van der Waals surface area contributed by atoms with Crippen molar-refractivity contribution in [1.82, 2.24) is 0 Å². The van der Waals surface area contributed by atoms with Crippen LogP contribution in [0, 0.1) is 0 Å². The summed E-state index contributed by atoms with van der Waals surface area (Å²) >= 11 is 0. The second-order valence-electron chi connectivity index (χ2n) is 14.0. The standard InChI is InChI=1S/C47H58O6/c1-11-23-47(24-12-2)39-25-33(15-17-35-27-41(48-7)45(42(28-35)49-8)52-31(5)13-3)19-21-37(39)38-22-20-34(26-40(38)47)16-18-36-29-43(50-9)46(44(30-36)51-10)53-32(6)14-4/h15-22,25-32H,11-14,23-24H2,1-10H3. The second kappa shape index (κ2) is 17.8. The Labute approximate surface area is 317 Å². The first-order valence-corrected chi connectivity index (χ1v) is 19.2. The largest absolute Gasteiger partial charge is 0.493 e. The van der Waals surface area contributed by atoms with Gasteiger partial charge in [-0.15, -0.1) is 0 Å². The Morgan fingerprint density at radius 3 is 1.13 bits per heavy atom. The first-order chi connectivity index (χ1) is 25.7. The van der Waals surface area contributed by atoms with Crippen molar-refractivity contribution in [3.8, 4) is 45.6 Å². The number of hydrogen-bond donors (Lipinski definition) is 0. The van der Waals surface area contributed by atoms with Crippen LogP contribution in [0.25, 0.3) is 35.4 Å². The van der Waals surface area contributed by atoms with Crippen LogP contribution in [0.4, 0.5) is 0 Å². The summed E-state index contributed by atoms with van der Waals surface area (Å²) in [5, 5.41) is 0. The van der Waals surface area contributed by atoms with E-state index in [0.717, 1.165) is 60.8 Å². The van der Waals surface area contributed by atoms with Crippen LogP contribution in [0.1, 0.15) is 113 Å². The van der Waals surface area contributed by atoms with Gasteiger partial charge in [-0.1, -0.05) is 101 Å². The molecule has 2 unspecified atom stereocenters. The molecule has 0 bridgehead atoms. The van der Waals surface area contributed by atoms with Crippen molar-refractivity contribution in [1.29, 1.82) is 0 Å². The van der Waals surface area contributed by atoms with E-state index >= 15 is 0 Å². The fraction of sp³-hybridized carbons (Fsp3) is 0.404. The summed E-state index contributed by atoms with van der Waals surface area (Å²) in [5.74, 6) is 3.92. The van der Waals surface area contributed by atoms with E-state index in [9.17, 15) is 0 Å². The van der Waals surface area contributed by atoms with Gasteiger partial charge in [0.1, 0.15) is 0 Å². The molecule has 1 aliphatic carbocycles. The molecule has 1 aliphatic rings. The summed E-state index contributed by atoms with van der Waals surface area (Å²) in [5.41, 5.74) is 9.71. The third kappa shape index (κ3) is 8.38. The third-order valence-corrected chi connectivity index (χ3v) is 10.5. The molecule has 0 saturated carbocycles. The normalized spacial score (nSPS) is 14.2. The maximum atomic E-state index is 6.17. The molecule has 0 spiro atoms. The smallest absolute Gasteiger partial charge is 0.203 e. The van der Waals surface area contributed by atoms with Crippen molar-refractivity contribution in [3.63, 3.8) is 0 Å². The Balaban J connectivity index is 1.50. The summed E-state index contributed by atoms with van der Waals surface area (Å²) in [6.45, 7) is 12.9. The predicted octanol–water partition coefficient (Wildman–Crippen LogP) is 12.3. The molecule has 0 fully saturated rings. The van der Waals surface area contributed by atoms with Gasteiger partial charge in [0.2, 0.25) is 11.5 Å². The lowest BCUT2D eigenvalue weighted by Crippen LogP contribution is -2.25. The minimum Gasteiger partial charge on any atom is -0.493 e. The van der Waals surface area contributed by atoms with Crippen LogP contribution in [0.5, 0.6) is 34.5 Å². The van der Waals surface area contributed by atoms with Crippen molar-refractivity contribution < 1.29 is 28.4 Å². The SMILES string of the molecule is CCCC1(CCC)c2cc(C=Cc3cc(OC)c(OC(C)CC)c(OC)c3)ccc2-c2ccc(C=Cc3cc(OC)c(OC(C)CC)c(OC)c3)cc21. The highest BCUT2D eigenvalue weighted by Gasteiger charge is 2.41. The Kier molecular flexibility index (Phi) is 13.2. The summed E-state index contributed by atoms with van der Waals surface area (Å²) < 4.78 is 35.3. The van der Waals surface area contributed by atoms with E-state index in [2.05, 4.69) is 88.4 Å². The minimum atomic E-state index is -0.0648. The average molecular weight is 719 g/mol. The zero-order chi connectivity index (χ0) is 38.1. The first kappa shape index (κ1) is 39.4. The van der Waals surface area contributed by atoms with Gasteiger partial charge in [0, 0.05) is 5.41 Å². The van der Waals surface area contributed by atoms with Crippen molar-refractivity contribution in [3.05, 3.63) is 94.0 Å². The monoisotopic (exact) mass is 718 g/mol. The fourth-order valence-corrected chi connectivity index (χ4v) is 7.43. The third-order valence-electron chi connectivity index (χ3n) is 10.5. The molecule has 4 aromatic carbocycles. The molecule has 0 heterocycles. The molecule has 6 heteroatoms. The second-order valence-corrected chi connectivity index (χ2v) is 14.0. The zero-order valence-electron chi connectivity index (χ0n) is 33.4. The van der Waals surface area contributed by atoms with Crippen LogP contribution in [0.3, 0.4) is 0 Å². The van der Waals surface area contributed by atoms with E-state index < -0.39 is 0 Å². The molecule has 0 aromatic heterocycles. The first-order valence-electron chi connectivity index (χ1n) is 19.2. The van der Waals surface area contributed by atoms with Crippen LogP contribution >= 0.6 is 0 Å². The predicted molar refractivity (Wildman–Crippen MR) is 220 cm³/mol. The van der Waals surface area contributed by atoms with Gasteiger partial charge in [0.15, 0.2) is 23.0 Å². The van der Waals surface area contributed by atoms with Crippen molar-refractivity contribution >= 4 is 24.3 Å². The zero-order valence-corrected chi connectivity index (χ0v) is 33.4. The molecule has 0 N–H and O–H groups in total. The number of rotatable bonds is 18. The van der Waals surface area contributed by atoms with Gasteiger partial charge in [-0.25, -0.2) is 0 Å². The van der Waals surface area contributed by atoms with Crippen molar-refractivity contribution in [2.75, 3.05) is 28.4 Å². The number of benzene rings is 4. The van der Waals surface area contributed by atoms with Crippen LogP contribution in [0.2, 0.25) is 0 Å². The highest BCUT2D eigenvalue weighted by atomic mass is 16.5. The molecule has 53 heavy (non-hydrogen) atoms. The van der Waals surface area contributed by atoms with Gasteiger partial charge in [0.25, 0.3) is 0 Å². The number of methoxy groups -OCH3 is 4. The minimum absolute atomic E-state index is 0.0497. The molecule has 6 nitrogen and oxygen atoms in total. The van der Waals surface area contributed by atoms with E-state index in [1.54, 1.807) is 28.4 Å². The Morgan fingerprint density at radius 2 is 0.830 bits per heavy atom. The number of ether oxygens (including phenoxy) is 6. The lowest BCUT2D eigenvalue weighted by Gasteiger charge is -2.32. The van der Waals surface area contributed by atoms with Crippen molar-refractivity contribution in [2.45, 2.75) is 97.7 Å². The van der Waals surface area contributed by atoms with Gasteiger partial charge in [0.05, 0.1) is 40.6 Å². The highest BCUT2D eigenvalue weighted by Crippen LogP contribution is 2.54. The summed E-state index contributed by atoms with van der Waals surface area (Å²) in [6.07, 6.45) is 14.8. The molecule has 4 aromatic rings. The van der Waals surface area contributed by atoms with Crippen LogP contribution in [-0.2, 0) is 5.41 Å². The molecule has 282 valence electrons. The Bertz CT molecular complexity index is 1730. The van der Waals surface area contributed by atoms with Gasteiger partial charge < -0.3 is 28.4 Å². The summed E-state index contributed by atoms with van der Waals surface area (Å²) in [4.78, 5) is 0. The molecule has 0 radical (unpaired) electrons. The number of fused-ring (bicyclic) bond motifs is 3. The maximum Gasteiger partial charge on any atom is 0.203 e. The molecule has 0 amide bonds. The average Bonchev–Trinajstić information content (AvgIpc) is 3.44. The van der Waals surface area contributed by atoms with E-state index in [-0.39, 0.29) is 17.6 Å². The van der Waals surface area contributed by atoms with Gasteiger partial charge in [-0.3, -0.25) is 0 Å². The fourth-order valence-electron chi connectivity index (χ4n) is 7.43. The molecular weight excluding hydrogens is 661 g/mol. The van der Waals surface area contributed by atoms with E-state index in [1.165, 1.54) is 22.3 Å². The quantitative estimate of drug-likeness (QED) is 0.0955. The Morgan fingerprint density at radius 1 is 0.491 bits per heavy atom. The van der Waals surface area contributed by atoms with E-state index in [4.69, 9.17) is 28.4 Å². The summed E-state index contributed by atoms with van der Waals surface area (Å²) in [6, 6.07) is 21.9. The van der Waals surface area contributed by atoms with Crippen molar-refractivity contribution in [2.24, 2.45) is 0 Å². The van der Waals surface area contributed by atoms with E-state index in [1.807, 2.05) is 38.1 Å². The molecule has 0 aliphatic heterocycles. The lowest BCUT2D eigenvalue weighted by molar-refractivity contribution is 0.198. The molecule has 5 rings (SSSR count). The van der Waals surface area contributed by atoms with E-state index in [0.29, 0.717) is 34.5 Å². The van der Waals surface area contributed by atoms with Crippen LogP contribution in [0.15, 0.2) is 60.7 Å².